The Morgan fingerprint density at radius 1 is 1.55 bits per heavy atom. The van der Waals surface area contributed by atoms with Crippen LogP contribution in [-0.2, 0) is 4.79 Å². The van der Waals surface area contributed by atoms with Crippen LogP contribution < -0.4 is 16.4 Å². The number of nitrogens with two attached hydrogens (primary N) is 1. The summed E-state index contributed by atoms with van der Waals surface area (Å²) in [7, 11) is 0. The van der Waals surface area contributed by atoms with E-state index in [1.54, 1.807) is 6.92 Å². The van der Waals surface area contributed by atoms with Crippen molar-refractivity contribution in [2.45, 2.75) is 6.92 Å². The minimum atomic E-state index is -0.529. The Kier molecular flexibility index (Phi) is 4.55. The highest BCUT2D eigenvalue weighted by Gasteiger charge is 2.00. The second kappa shape index (κ2) is 5.28. The second-order valence-electron chi connectivity index (χ2n) is 1.71. The molecule has 0 aromatic carbocycles. The van der Waals surface area contributed by atoms with E-state index in [9.17, 15) is 9.59 Å². The molecule has 3 amide bonds. The number of hydrogen-bond acceptors (Lipinski definition) is 3. The van der Waals surface area contributed by atoms with Crippen molar-refractivity contribution in [3.8, 4) is 0 Å². The molecule has 62 valence electrons. The van der Waals surface area contributed by atoms with E-state index in [0.29, 0.717) is 6.54 Å². The van der Waals surface area contributed by atoms with Crippen molar-refractivity contribution in [3.05, 3.63) is 12.3 Å². The average Bonchev–Trinajstić information content (AvgIpc) is 1.87. The Morgan fingerprint density at radius 2 is 2.18 bits per heavy atom. The lowest BCUT2D eigenvalue weighted by atomic mass is 10.5. The van der Waals surface area contributed by atoms with E-state index in [0.717, 1.165) is 12.3 Å². The fourth-order valence-electron chi connectivity index (χ4n) is 0.446. The van der Waals surface area contributed by atoms with E-state index < -0.39 is 11.9 Å². The summed E-state index contributed by atoms with van der Waals surface area (Å²) in [4.78, 5) is 21.2. The SMILES string of the molecule is CCNC(=O)NC(=O)/C=C\N. The Morgan fingerprint density at radius 3 is 2.64 bits per heavy atom. The highest BCUT2D eigenvalue weighted by Crippen LogP contribution is 1.69. The van der Waals surface area contributed by atoms with E-state index in [1.165, 1.54) is 0 Å². The third-order valence-electron chi connectivity index (χ3n) is 0.822. The monoisotopic (exact) mass is 157 g/mol. The highest BCUT2D eigenvalue weighted by molar-refractivity contribution is 6.00. The summed E-state index contributed by atoms with van der Waals surface area (Å²) in [6.07, 6.45) is 2.13. The lowest BCUT2D eigenvalue weighted by Gasteiger charge is -1.99. The molecule has 5 nitrogen and oxygen atoms in total. The van der Waals surface area contributed by atoms with Gasteiger partial charge in [0.25, 0.3) is 5.91 Å². The molecule has 0 atom stereocenters. The first-order chi connectivity index (χ1) is 5.20. The van der Waals surface area contributed by atoms with E-state index in [1.807, 2.05) is 5.32 Å². The summed E-state index contributed by atoms with van der Waals surface area (Å²) in [6, 6.07) is -0.518. The zero-order valence-corrected chi connectivity index (χ0v) is 6.26. The summed E-state index contributed by atoms with van der Waals surface area (Å²) in [5, 5.41) is 4.42. The van der Waals surface area contributed by atoms with Crippen LogP contribution in [0.1, 0.15) is 6.92 Å². The van der Waals surface area contributed by atoms with Crippen LogP contribution in [0, 0.1) is 0 Å². The number of amides is 3. The van der Waals surface area contributed by atoms with Gasteiger partial charge in [-0.2, -0.15) is 0 Å². The van der Waals surface area contributed by atoms with Crippen LogP contribution in [0.2, 0.25) is 0 Å². The molecule has 4 N–H and O–H groups in total. The number of hydrogen-bond donors (Lipinski definition) is 3. The number of carbonyl (C=O) groups is 2. The van der Waals surface area contributed by atoms with Crippen LogP contribution in [0.5, 0.6) is 0 Å². The molecule has 0 saturated heterocycles. The molecule has 0 unspecified atom stereocenters. The first-order valence-electron chi connectivity index (χ1n) is 3.17. The van der Waals surface area contributed by atoms with Gasteiger partial charge in [-0.15, -0.1) is 0 Å². The topological polar surface area (TPSA) is 84.2 Å². The molecule has 11 heavy (non-hydrogen) atoms. The minimum Gasteiger partial charge on any atom is -0.404 e. The van der Waals surface area contributed by atoms with Crippen LogP contribution in [0.15, 0.2) is 12.3 Å². The van der Waals surface area contributed by atoms with Gasteiger partial charge in [-0.3, -0.25) is 10.1 Å². The van der Waals surface area contributed by atoms with Gasteiger partial charge >= 0.3 is 6.03 Å². The molecule has 0 aliphatic carbocycles. The van der Waals surface area contributed by atoms with Gasteiger partial charge < -0.3 is 11.1 Å². The number of imide groups is 1. The number of nitrogens with one attached hydrogen (secondary N) is 2. The third-order valence-corrected chi connectivity index (χ3v) is 0.822. The van der Waals surface area contributed by atoms with E-state index in [4.69, 9.17) is 5.73 Å². The largest absolute Gasteiger partial charge is 0.404 e. The van der Waals surface area contributed by atoms with Crippen LogP contribution in [0.4, 0.5) is 4.79 Å². The molecule has 0 spiro atoms. The Bertz CT molecular complexity index is 177. The van der Waals surface area contributed by atoms with Gasteiger partial charge in [0.1, 0.15) is 0 Å². The van der Waals surface area contributed by atoms with Gasteiger partial charge in [0.2, 0.25) is 0 Å². The Balaban J connectivity index is 3.66. The summed E-state index contributed by atoms with van der Waals surface area (Å²) >= 11 is 0. The standard InChI is InChI=1S/C6H11N3O2/c1-2-8-6(11)9-5(10)3-4-7/h3-4H,2,7H2,1H3,(H2,8,9,10,11)/b4-3-. The molecule has 0 saturated carbocycles. The highest BCUT2D eigenvalue weighted by atomic mass is 16.2. The molecule has 0 rings (SSSR count). The fourth-order valence-corrected chi connectivity index (χ4v) is 0.446. The van der Waals surface area contributed by atoms with Crippen molar-refractivity contribution < 1.29 is 9.59 Å². The van der Waals surface area contributed by atoms with Gasteiger partial charge in [-0.1, -0.05) is 0 Å². The van der Waals surface area contributed by atoms with Gasteiger partial charge in [0.15, 0.2) is 0 Å². The Labute approximate surface area is 64.6 Å². The van der Waals surface area contributed by atoms with E-state index >= 15 is 0 Å². The molecule has 0 radical (unpaired) electrons. The molecule has 0 bridgehead atoms. The third kappa shape index (κ3) is 4.95. The average molecular weight is 157 g/mol. The van der Waals surface area contributed by atoms with Crippen molar-refractivity contribution in [1.82, 2.24) is 10.6 Å². The van der Waals surface area contributed by atoms with Gasteiger partial charge in [0.05, 0.1) is 0 Å². The first-order valence-corrected chi connectivity index (χ1v) is 3.17. The molecule has 0 aliphatic rings. The quantitative estimate of drug-likeness (QED) is 0.463. The van der Waals surface area contributed by atoms with Gasteiger partial charge in [-0.25, -0.2) is 4.79 Å². The lowest BCUT2D eigenvalue weighted by molar-refractivity contribution is -0.115. The molecular weight excluding hydrogens is 146 g/mol. The summed E-state index contributed by atoms with van der Waals surface area (Å²) in [5.41, 5.74) is 4.91. The zero-order chi connectivity index (χ0) is 8.69. The number of urea groups is 1. The van der Waals surface area contributed by atoms with Crippen LogP contribution in [0.3, 0.4) is 0 Å². The zero-order valence-electron chi connectivity index (χ0n) is 6.26. The Hall–Kier alpha value is -1.52. The minimum absolute atomic E-state index is 0.478. The number of rotatable bonds is 2. The van der Waals surface area contributed by atoms with Crippen molar-refractivity contribution >= 4 is 11.9 Å². The van der Waals surface area contributed by atoms with E-state index in [-0.39, 0.29) is 0 Å². The smallest absolute Gasteiger partial charge is 0.321 e. The first kappa shape index (κ1) is 9.48. The maximum Gasteiger partial charge on any atom is 0.321 e. The maximum atomic E-state index is 10.6. The normalized spacial score (nSPS) is 9.55. The number of carbonyl (C=O) groups excluding carboxylic acids is 2. The molecule has 0 aromatic heterocycles. The lowest BCUT2D eigenvalue weighted by Crippen LogP contribution is -2.38. The van der Waals surface area contributed by atoms with Crippen molar-refractivity contribution in [1.29, 1.82) is 0 Å². The molecule has 0 fully saturated rings. The molecule has 0 aliphatic heterocycles. The maximum absolute atomic E-state index is 10.6. The molecule has 0 heterocycles. The van der Waals surface area contributed by atoms with Crippen LogP contribution in [0.25, 0.3) is 0 Å². The van der Waals surface area contributed by atoms with Crippen LogP contribution >= 0.6 is 0 Å². The van der Waals surface area contributed by atoms with Gasteiger partial charge in [0, 0.05) is 12.6 Å². The fraction of sp³-hybridized carbons (Fsp3) is 0.333. The van der Waals surface area contributed by atoms with Gasteiger partial charge in [-0.05, 0) is 13.1 Å². The van der Waals surface area contributed by atoms with Crippen molar-refractivity contribution in [2.24, 2.45) is 5.73 Å². The molecule has 0 aromatic rings. The van der Waals surface area contributed by atoms with E-state index in [2.05, 4.69) is 5.32 Å². The summed E-state index contributed by atoms with van der Waals surface area (Å²) in [6.45, 7) is 2.23. The van der Waals surface area contributed by atoms with Crippen LogP contribution in [-0.4, -0.2) is 18.5 Å². The second-order valence-corrected chi connectivity index (χ2v) is 1.71. The van der Waals surface area contributed by atoms with Crippen molar-refractivity contribution in [3.63, 3.8) is 0 Å². The summed E-state index contributed by atoms with van der Waals surface area (Å²) < 4.78 is 0. The predicted molar refractivity (Wildman–Crippen MR) is 40.5 cm³/mol. The summed E-state index contributed by atoms with van der Waals surface area (Å²) in [5.74, 6) is -0.529. The van der Waals surface area contributed by atoms with Crippen molar-refractivity contribution in [2.75, 3.05) is 6.54 Å². The predicted octanol–water partition coefficient (Wildman–Crippen LogP) is -0.695. The molecular formula is C6H11N3O2. The molecule has 5 heteroatoms.